The van der Waals surface area contributed by atoms with Crippen molar-refractivity contribution in [2.24, 2.45) is 0 Å². The van der Waals surface area contributed by atoms with E-state index in [1.54, 1.807) is 12.3 Å². The van der Waals surface area contributed by atoms with Gasteiger partial charge in [0.25, 0.3) is 0 Å². The fraction of sp³-hybridized carbons (Fsp3) is 0.300. The first-order chi connectivity index (χ1) is 18.4. The molecule has 194 valence electrons. The molecular formula is C30H27N2O6-. The van der Waals surface area contributed by atoms with Gasteiger partial charge in [-0.25, -0.2) is 4.79 Å². The van der Waals surface area contributed by atoms with Gasteiger partial charge in [-0.2, -0.15) is 0 Å². The largest absolute Gasteiger partial charge is 0.548 e. The number of aryl methyl sites for hydroxylation is 3. The van der Waals surface area contributed by atoms with Gasteiger partial charge >= 0.3 is 5.63 Å². The molecule has 5 aromatic rings. The zero-order valence-electron chi connectivity index (χ0n) is 21.0. The maximum Gasteiger partial charge on any atom is 0.339 e. The quantitative estimate of drug-likeness (QED) is 0.321. The Hall–Kier alpha value is -4.33. The van der Waals surface area contributed by atoms with Crippen LogP contribution in [0, 0.1) is 6.92 Å². The standard InChI is InChI=1S/C30H28N2O6/c1-16-18(30(36)38-26-14-27-22(13-21(16)26)20-7-3-5-9-25(20)37-27)10-11-28(33)32-24(29(34)35)12-17-15-31-23-8-4-2-6-19(17)23/h2,4,6,8,13-15,24,31H,3,5,7,9-12H2,1H3,(H,32,33)(H,34,35)/p-1/t24-/m0/s1. The zero-order chi connectivity index (χ0) is 26.4. The van der Waals surface area contributed by atoms with Crippen molar-refractivity contribution < 1.29 is 23.5 Å². The first kappa shape index (κ1) is 24.0. The number of furan rings is 1. The van der Waals surface area contributed by atoms with Crippen molar-refractivity contribution in [3.63, 3.8) is 0 Å². The number of aromatic amines is 1. The predicted molar refractivity (Wildman–Crippen MR) is 141 cm³/mol. The van der Waals surface area contributed by atoms with Crippen LogP contribution in [0.2, 0.25) is 0 Å². The molecule has 3 aromatic heterocycles. The topological polar surface area (TPSA) is 128 Å². The van der Waals surface area contributed by atoms with Crippen LogP contribution in [-0.2, 0) is 35.3 Å². The van der Waals surface area contributed by atoms with Crippen molar-refractivity contribution in [1.29, 1.82) is 0 Å². The summed E-state index contributed by atoms with van der Waals surface area (Å²) in [5, 5.41) is 17.1. The molecule has 1 aliphatic carbocycles. The van der Waals surface area contributed by atoms with E-state index in [4.69, 9.17) is 8.83 Å². The van der Waals surface area contributed by atoms with Gasteiger partial charge in [-0.15, -0.1) is 0 Å². The van der Waals surface area contributed by atoms with Crippen molar-refractivity contribution in [3.8, 4) is 0 Å². The Balaban J connectivity index is 1.21. The highest BCUT2D eigenvalue weighted by Crippen LogP contribution is 2.35. The minimum atomic E-state index is -1.36. The van der Waals surface area contributed by atoms with Crippen LogP contribution in [0.15, 0.2) is 56.2 Å². The minimum Gasteiger partial charge on any atom is -0.548 e. The summed E-state index contributed by atoms with van der Waals surface area (Å²) >= 11 is 0. The van der Waals surface area contributed by atoms with Gasteiger partial charge in [0.05, 0.1) is 12.0 Å². The van der Waals surface area contributed by atoms with E-state index in [2.05, 4.69) is 10.3 Å². The van der Waals surface area contributed by atoms with Crippen LogP contribution in [-0.4, -0.2) is 22.9 Å². The molecule has 1 amide bonds. The van der Waals surface area contributed by atoms with Gasteiger partial charge in [-0.1, -0.05) is 18.2 Å². The molecular weight excluding hydrogens is 484 g/mol. The number of amides is 1. The van der Waals surface area contributed by atoms with Gasteiger partial charge in [0.2, 0.25) is 5.91 Å². The van der Waals surface area contributed by atoms with E-state index < -0.39 is 23.5 Å². The van der Waals surface area contributed by atoms with Crippen LogP contribution >= 0.6 is 0 Å². The molecule has 8 nitrogen and oxygen atoms in total. The van der Waals surface area contributed by atoms with Crippen molar-refractivity contribution >= 4 is 44.7 Å². The first-order valence-electron chi connectivity index (χ1n) is 12.9. The van der Waals surface area contributed by atoms with E-state index in [9.17, 15) is 19.5 Å². The number of aliphatic carboxylic acids is 1. The second-order valence-corrected chi connectivity index (χ2v) is 10.1. The third-order valence-corrected chi connectivity index (χ3v) is 7.68. The number of para-hydroxylation sites is 1. The van der Waals surface area contributed by atoms with Gasteiger partial charge in [-0.05, 0) is 55.9 Å². The van der Waals surface area contributed by atoms with Crippen LogP contribution in [0.3, 0.4) is 0 Å². The zero-order valence-corrected chi connectivity index (χ0v) is 21.0. The molecule has 1 atom stereocenters. The highest BCUT2D eigenvalue weighted by atomic mass is 16.4. The van der Waals surface area contributed by atoms with E-state index in [1.807, 2.05) is 37.3 Å². The van der Waals surface area contributed by atoms with E-state index in [-0.39, 0.29) is 19.3 Å². The minimum absolute atomic E-state index is 0.0574. The summed E-state index contributed by atoms with van der Waals surface area (Å²) in [5.41, 5.74) is 4.72. The predicted octanol–water partition coefficient (Wildman–Crippen LogP) is 3.62. The molecule has 0 radical (unpaired) electrons. The van der Waals surface area contributed by atoms with Gasteiger partial charge in [0.15, 0.2) is 0 Å². The molecule has 0 unspecified atom stereocenters. The average molecular weight is 512 g/mol. The molecule has 0 spiro atoms. The van der Waals surface area contributed by atoms with Gasteiger partial charge in [0.1, 0.15) is 16.9 Å². The third kappa shape index (κ3) is 4.26. The Morgan fingerprint density at radius 3 is 2.68 bits per heavy atom. The number of nitrogens with one attached hydrogen (secondary N) is 2. The summed E-state index contributed by atoms with van der Waals surface area (Å²) < 4.78 is 11.7. The van der Waals surface area contributed by atoms with Crippen LogP contribution in [0.25, 0.3) is 32.8 Å². The summed E-state index contributed by atoms with van der Waals surface area (Å²) in [6, 6.07) is 10.2. The SMILES string of the molecule is Cc1c(CCC(=O)N[C@@H](Cc2c[nH]c3ccccc23)C(=O)[O-])c(=O)oc2cc3oc4c(c3cc12)CCCC4. The number of H-pyrrole nitrogens is 1. The van der Waals surface area contributed by atoms with Crippen molar-refractivity contribution in [2.45, 2.75) is 57.9 Å². The molecule has 2 N–H and O–H groups in total. The van der Waals surface area contributed by atoms with Gasteiger partial charge < -0.3 is 29.0 Å². The highest BCUT2D eigenvalue weighted by molar-refractivity contribution is 5.97. The highest BCUT2D eigenvalue weighted by Gasteiger charge is 2.21. The number of fused-ring (bicyclic) bond motifs is 5. The molecule has 2 aromatic carbocycles. The molecule has 8 heteroatoms. The van der Waals surface area contributed by atoms with Crippen LogP contribution in [0.4, 0.5) is 0 Å². The Kier molecular flexibility index (Phi) is 6.02. The molecule has 0 fully saturated rings. The number of carbonyl (C=O) groups excluding carboxylic acids is 2. The molecule has 0 saturated heterocycles. The van der Waals surface area contributed by atoms with E-state index in [1.165, 1.54) is 5.56 Å². The number of aromatic nitrogens is 1. The summed E-state index contributed by atoms with van der Waals surface area (Å²) in [6.45, 7) is 1.85. The number of carboxylic acid groups (broad SMARTS) is 1. The molecule has 0 aliphatic heterocycles. The average Bonchev–Trinajstić information content (AvgIpc) is 3.48. The molecule has 0 bridgehead atoms. The molecule has 38 heavy (non-hydrogen) atoms. The number of rotatable bonds is 7. The van der Waals surface area contributed by atoms with E-state index in [0.717, 1.165) is 69.8 Å². The van der Waals surface area contributed by atoms with E-state index >= 15 is 0 Å². The van der Waals surface area contributed by atoms with Crippen molar-refractivity contribution in [2.75, 3.05) is 0 Å². The Morgan fingerprint density at radius 1 is 1.05 bits per heavy atom. The summed E-state index contributed by atoms with van der Waals surface area (Å²) in [7, 11) is 0. The van der Waals surface area contributed by atoms with Crippen molar-refractivity contribution in [1.82, 2.24) is 10.3 Å². The molecule has 3 heterocycles. The number of hydrogen-bond donors (Lipinski definition) is 2. The summed E-state index contributed by atoms with van der Waals surface area (Å²) in [5.74, 6) is -0.830. The van der Waals surface area contributed by atoms with Crippen molar-refractivity contribution in [3.05, 3.63) is 81.0 Å². The second-order valence-electron chi connectivity index (χ2n) is 10.1. The summed E-state index contributed by atoms with van der Waals surface area (Å²) in [6.07, 6.45) is 6.00. The van der Waals surface area contributed by atoms with Gasteiger partial charge in [-0.3, -0.25) is 4.79 Å². The van der Waals surface area contributed by atoms with E-state index in [0.29, 0.717) is 11.1 Å². The number of carboxylic acids is 1. The number of hydrogen-bond acceptors (Lipinski definition) is 6. The normalized spacial score (nSPS) is 14.1. The first-order valence-corrected chi connectivity index (χ1v) is 12.9. The number of benzene rings is 2. The van der Waals surface area contributed by atoms with Crippen LogP contribution in [0.1, 0.15) is 47.3 Å². The second kappa shape index (κ2) is 9.52. The Bertz CT molecular complexity index is 1770. The van der Waals surface area contributed by atoms with Crippen LogP contribution in [0.5, 0.6) is 0 Å². The lowest BCUT2D eigenvalue weighted by atomic mass is 9.94. The smallest absolute Gasteiger partial charge is 0.339 e. The Labute approximate surface area is 217 Å². The molecule has 1 aliphatic rings. The van der Waals surface area contributed by atoms with Crippen LogP contribution < -0.4 is 16.0 Å². The lowest BCUT2D eigenvalue weighted by molar-refractivity contribution is -0.308. The lowest BCUT2D eigenvalue weighted by Crippen LogP contribution is -2.49. The number of carbonyl (C=O) groups is 2. The molecule has 6 rings (SSSR count). The Morgan fingerprint density at radius 2 is 1.84 bits per heavy atom. The fourth-order valence-corrected chi connectivity index (χ4v) is 5.65. The maximum atomic E-state index is 12.8. The molecule has 0 saturated carbocycles. The monoisotopic (exact) mass is 511 g/mol. The third-order valence-electron chi connectivity index (χ3n) is 7.68. The lowest BCUT2D eigenvalue weighted by Gasteiger charge is -2.19. The van der Waals surface area contributed by atoms with Gasteiger partial charge in [0, 0.05) is 64.3 Å². The summed E-state index contributed by atoms with van der Waals surface area (Å²) in [4.78, 5) is 40.5. The fourth-order valence-electron chi connectivity index (χ4n) is 5.65. The maximum absolute atomic E-state index is 12.8.